The Balaban J connectivity index is 2.52. The minimum Gasteiger partial charge on any atom is -0.306 e. The van der Waals surface area contributed by atoms with Gasteiger partial charge in [-0.05, 0) is 25.3 Å². The summed E-state index contributed by atoms with van der Waals surface area (Å²) in [5, 5.41) is 0. The molecule has 1 aliphatic rings. The molecule has 2 atom stereocenters. The Hall–Kier alpha value is -0.300. The third kappa shape index (κ3) is 2.66. The number of rotatable bonds is 0. The summed E-state index contributed by atoms with van der Waals surface area (Å²) in [6.07, 6.45) is 5.89. The molecule has 0 fully saturated rings. The summed E-state index contributed by atoms with van der Waals surface area (Å²) in [4.78, 5) is 2.42. The van der Waals surface area contributed by atoms with E-state index in [0.29, 0.717) is 0 Å². The number of hydrogen-bond acceptors (Lipinski definition) is 1. The van der Waals surface area contributed by atoms with Crippen molar-refractivity contribution < 1.29 is 0 Å². The largest absolute Gasteiger partial charge is 0.306 e. The molecule has 0 aromatic rings. The molecule has 0 bridgehead atoms. The van der Waals surface area contributed by atoms with Crippen LogP contribution in [-0.2, 0) is 0 Å². The van der Waals surface area contributed by atoms with Gasteiger partial charge in [0.05, 0.1) is 0 Å². The molecule has 0 radical (unpaired) electrons. The minimum atomic E-state index is 0.748. The van der Waals surface area contributed by atoms with Crippen LogP contribution in [-0.4, -0.2) is 25.0 Å². The van der Waals surface area contributed by atoms with Crippen LogP contribution in [0.15, 0.2) is 12.2 Å². The van der Waals surface area contributed by atoms with Crippen molar-refractivity contribution in [3.8, 4) is 0 Å². The molecule has 64 valence electrons. The first kappa shape index (κ1) is 8.79. The Morgan fingerprint density at radius 2 is 2.09 bits per heavy atom. The van der Waals surface area contributed by atoms with Crippen molar-refractivity contribution >= 4 is 0 Å². The second kappa shape index (κ2) is 3.91. The Bertz CT molecular complexity index is 140. The first-order chi connectivity index (χ1) is 5.20. The molecule has 1 heteroatoms. The quantitative estimate of drug-likeness (QED) is 0.482. The van der Waals surface area contributed by atoms with E-state index in [0.717, 1.165) is 11.8 Å². The molecule has 1 nitrogen and oxygen atoms in total. The van der Waals surface area contributed by atoms with Crippen molar-refractivity contribution in [1.82, 2.24) is 4.90 Å². The molecule has 0 N–H and O–H groups in total. The molecule has 2 unspecified atom stereocenters. The molecule has 0 aromatic heterocycles. The minimum absolute atomic E-state index is 0.748. The monoisotopic (exact) mass is 153 g/mol. The summed E-state index contributed by atoms with van der Waals surface area (Å²) in [5.74, 6) is 1.55. The van der Waals surface area contributed by atoms with Gasteiger partial charge in [0.1, 0.15) is 0 Å². The highest BCUT2D eigenvalue weighted by atomic mass is 15.1. The lowest BCUT2D eigenvalue weighted by atomic mass is 9.93. The molecule has 1 heterocycles. The fourth-order valence-corrected chi connectivity index (χ4v) is 1.54. The third-order valence-electron chi connectivity index (χ3n) is 2.61. The summed E-state index contributed by atoms with van der Waals surface area (Å²) >= 11 is 0. The zero-order valence-corrected chi connectivity index (χ0v) is 7.88. The van der Waals surface area contributed by atoms with Gasteiger partial charge in [0.2, 0.25) is 0 Å². The summed E-state index contributed by atoms with van der Waals surface area (Å²) in [7, 11) is 2.21. The van der Waals surface area contributed by atoms with Crippen molar-refractivity contribution in [2.75, 3.05) is 20.1 Å². The molecule has 1 rings (SSSR count). The van der Waals surface area contributed by atoms with Crippen LogP contribution < -0.4 is 0 Å². The predicted molar refractivity (Wildman–Crippen MR) is 49.6 cm³/mol. The van der Waals surface area contributed by atoms with Gasteiger partial charge in [-0.25, -0.2) is 0 Å². The zero-order valence-electron chi connectivity index (χ0n) is 7.88. The van der Waals surface area contributed by atoms with Gasteiger partial charge in [-0.1, -0.05) is 26.0 Å². The summed E-state index contributed by atoms with van der Waals surface area (Å²) < 4.78 is 0. The van der Waals surface area contributed by atoms with E-state index in [1.54, 1.807) is 0 Å². The zero-order chi connectivity index (χ0) is 8.27. The molecule has 0 saturated carbocycles. The van der Waals surface area contributed by atoms with Gasteiger partial charge >= 0.3 is 0 Å². The Kier molecular flexibility index (Phi) is 3.13. The van der Waals surface area contributed by atoms with Crippen LogP contribution in [0.3, 0.4) is 0 Å². The molecule has 0 saturated heterocycles. The van der Waals surface area contributed by atoms with Crippen molar-refractivity contribution in [1.29, 1.82) is 0 Å². The Morgan fingerprint density at radius 3 is 2.82 bits per heavy atom. The Labute approximate surface area is 70.1 Å². The average Bonchev–Trinajstić information content (AvgIpc) is 1.95. The summed E-state index contributed by atoms with van der Waals surface area (Å²) in [5.41, 5.74) is 0. The van der Waals surface area contributed by atoms with Crippen molar-refractivity contribution in [2.45, 2.75) is 20.3 Å². The molecule has 0 spiro atoms. The molecule has 0 aromatic carbocycles. The molecular formula is C10H19N. The molecule has 1 aliphatic heterocycles. The predicted octanol–water partition coefficient (Wildman–Crippen LogP) is 2.15. The van der Waals surface area contributed by atoms with Crippen molar-refractivity contribution in [2.24, 2.45) is 11.8 Å². The van der Waals surface area contributed by atoms with Gasteiger partial charge in [0.25, 0.3) is 0 Å². The van der Waals surface area contributed by atoms with Crippen LogP contribution in [0.5, 0.6) is 0 Å². The first-order valence-electron chi connectivity index (χ1n) is 4.55. The Morgan fingerprint density at radius 1 is 1.36 bits per heavy atom. The molecule has 0 aliphatic carbocycles. The topological polar surface area (TPSA) is 3.24 Å². The maximum Gasteiger partial charge on any atom is 0.00130 e. The van der Waals surface area contributed by atoms with Crippen LogP contribution in [0.2, 0.25) is 0 Å². The lowest BCUT2D eigenvalue weighted by molar-refractivity contribution is 0.257. The molecule has 0 amide bonds. The van der Waals surface area contributed by atoms with E-state index in [-0.39, 0.29) is 0 Å². The van der Waals surface area contributed by atoms with Crippen molar-refractivity contribution in [3.63, 3.8) is 0 Å². The number of nitrogens with zero attached hydrogens (tertiary/aromatic N) is 1. The van der Waals surface area contributed by atoms with E-state index in [9.17, 15) is 0 Å². The average molecular weight is 153 g/mol. The van der Waals surface area contributed by atoms with Gasteiger partial charge < -0.3 is 4.90 Å². The number of hydrogen-bond donors (Lipinski definition) is 0. The fourth-order valence-electron chi connectivity index (χ4n) is 1.54. The van der Waals surface area contributed by atoms with Gasteiger partial charge in [-0.2, -0.15) is 0 Å². The van der Waals surface area contributed by atoms with Crippen LogP contribution in [0.25, 0.3) is 0 Å². The van der Waals surface area contributed by atoms with E-state index in [1.807, 2.05) is 0 Å². The van der Waals surface area contributed by atoms with E-state index >= 15 is 0 Å². The second-order valence-corrected chi connectivity index (χ2v) is 3.82. The SMILES string of the molecule is CC1/C=C\CCN(C)CC1C. The van der Waals surface area contributed by atoms with E-state index in [1.165, 1.54) is 19.5 Å². The van der Waals surface area contributed by atoms with Crippen LogP contribution in [0, 0.1) is 11.8 Å². The van der Waals surface area contributed by atoms with Gasteiger partial charge in [0, 0.05) is 13.1 Å². The normalized spacial score (nSPS) is 37.7. The first-order valence-corrected chi connectivity index (χ1v) is 4.55. The maximum absolute atomic E-state index is 2.42. The third-order valence-corrected chi connectivity index (χ3v) is 2.61. The lowest BCUT2D eigenvalue weighted by Crippen LogP contribution is -2.29. The van der Waals surface area contributed by atoms with E-state index in [4.69, 9.17) is 0 Å². The second-order valence-electron chi connectivity index (χ2n) is 3.82. The molecular weight excluding hydrogens is 134 g/mol. The van der Waals surface area contributed by atoms with E-state index in [2.05, 4.69) is 37.9 Å². The molecule has 11 heavy (non-hydrogen) atoms. The standard InChI is InChI=1S/C10H19N/c1-9-6-4-5-7-11(3)8-10(9)2/h4,6,9-10H,5,7-8H2,1-3H3/b6-4-. The van der Waals surface area contributed by atoms with Crippen LogP contribution in [0.4, 0.5) is 0 Å². The highest BCUT2D eigenvalue weighted by molar-refractivity contribution is 4.91. The van der Waals surface area contributed by atoms with Gasteiger partial charge in [-0.15, -0.1) is 0 Å². The smallest absolute Gasteiger partial charge is 0.00130 e. The van der Waals surface area contributed by atoms with Crippen LogP contribution in [0.1, 0.15) is 20.3 Å². The summed E-state index contributed by atoms with van der Waals surface area (Å²) in [6, 6.07) is 0. The van der Waals surface area contributed by atoms with Gasteiger partial charge in [-0.3, -0.25) is 0 Å². The van der Waals surface area contributed by atoms with Gasteiger partial charge in [0.15, 0.2) is 0 Å². The highest BCUT2D eigenvalue weighted by Gasteiger charge is 2.12. The van der Waals surface area contributed by atoms with Crippen molar-refractivity contribution in [3.05, 3.63) is 12.2 Å². The lowest BCUT2D eigenvalue weighted by Gasteiger charge is -2.25. The summed E-state index contributed by atoms with van der Waals surface area (Å²) in [6.45, 7) is 7.09. The fraction of sp³-hybridized carbons (Fsp3) is 0.800. The van der Waals surface area contributed by atoms with E-state index < -0.39 is 0 Å². The van der Waals surface area contributed by atoms with Crippen LogP contribution >= 0.6 is 0 Å². The number of allylic oxidation sites excluding steroid dienone is 1. The maximum atomic E-state index is 2.42. The highest BCUT2D eigenvalue weighted by Crippen LogP contribution is 2.15.